The van der Waals surface area contributed by atoms with E-state index < -0.39 is 35.9 Å². The van der Waals surface area contributed by atoms with Crippen LogP contribution in [0.15, 0.2) is 71.8 Å². The van der Waals surface area contributed by atoms with Gasteiger partial charge in [0.15, 0.2) is 5.78 Å². The van der Waals surface area contributed by atoms with Gasteiger partial charge < -0.3 is 5.84 Å². The Bertz CT molecular complexity index is 1340. The first-order valence-electron chi connectivity index (χ1n) is 9.93. The van der Waals surface area contributed by atoms with Gasteiger partial charge in [-0.1, -0.05) is 35.9 Å². The van der Waals surface area contributed by atoms with E-state index in [0.717, 1.165) is 28.3 Å². The lowest BCUT2D eigenvalue weighted by molar-refractivity contribution is -0.118. The number of imide groups is 1. The van der Waals surface area contributed by atoms with Crippen LogP contribution in [-0.2, 0) is 4.79 Å². The molecule has 0 bridgehead atoms. The van der Waals surface area contributed by atoms with E-state index >= 15 is 0 Å². The van der Waals surface area contributed by atoms with Crippen molar-refractivity contribution < 1.29 is 23.6 Å². The zero-order chi connectivity index (χ0) is 24.4. The van der Waals surface area contributed by atoms with E-state index in [0.29, 0.717) is 0 Å². The van der Waals surface area contributed by atoms with Crippen LogP contribution in [0.25, 0.3) is 0 Å². The fourth-order valence-corrected chi connectivity index (χ4v) is 3.83. The molecule has 0 spiro atoms. The van der Waals surface area contributed by atoms with Gasteiger partial charge in [0.05, 0.1) is 21.8 Å². The zero-order valence-corrected chi connectivity index (χ0v) is 18.2. The third-order valence-corrected chi connectivity index (χ3v) is 5.53. The summed E-state index contributed by atoms with van der Waals surface area (Å²) in [5, 5.41) is 3.50. The maximum absolute atomic E-state index is 14.1. The molecule has 2 N–H and O–H groups in total. The Morgan fingerprint density at radius 1 is 0.971 bits per heavy atom. The average molecular weight is 479 g/mol. The van der Waals surface area contributed by atoms with Crippen molar-refractivity contribution >= 4 is 47.1 Å². The summed E-state index contributed by atoms with van der Waals surface area (Å²) in [6, 6.07) is 15.6. The number of carbonyl (C=O) groups is 4. The van der Waals surface area contributed by atoms with Crippen LogP contribution in [0.1, 0.15) is 36.6 Å². The molecular formula is C24H16ClFN4O4. The highest BCUT2D eigenvalue weighted by Crippen LogP contribution is 2.28. The Labute approximate surface area is 198 Å². The molecule has 10 heteroatoms. The summed E-state index contributed by atoms with van der Waals surface area (Å²) < 4.78 is 14.1. The van der Waals surface area contributed by atoms with Crippen molar-refractivity contribution in [1.29, 1.82) is 0 Å². The van der Waals surface area contributed by atoms with Crippen LogP contribution in [0.2, 0.25) is 5.02 Å². The van der Waals surface area contributed by atoms with E-state index in [1.165, 1.54) is 30.3 Å². The number of carbonyl (C=O) groups excluding carboxylic acids is 4. The fourth-order valence-electron chi connectivity index (χ4n) is 3.61. The summed E-state index contributed by atoms with van der Waals surface area (Å²) >= 11 is 6.13. The van der Waals surface area contributed by atoms with Crippen molar-refractivity contribution in [2.75, 3.05) is 11.4 Å². The standard InChI is InChI=1S/C24H16ClFN4O4/c25-19-8-4-3-7-17(19)22(32)18-11-14(26)9-10-20(18)30(13-28-27)21(31)12-29-23(33)15-5-1-2-6-16(15)24(29)34/h1-11,13H,12,27H2. The summed E-state index contributed by atoms with van der Waals surface area (Å²) in [5.74, 6) is 1.83. The molecule has 0 radical (unpaired) electrons. The van der Waals surface area contributed by atoms with Crippen LogP contribution in [0.5, 0.6) is 0 Å². The van der Waals surface area contributed by atoms with E-state index in [1.54, 1.807) is 24.3 Å². The maximum atomic E-state index is 14.1. The van der Waals surface area contributed by atoms with Crippen molar-refractivity contribution in [3.8, 4) is 0 Å². The topological polar surface area (TPSA) is 113 Å². The van der Waals surface area contributed by atoms with Gasteiger partial charge in [-0.3, -0.25) is 29.0 Å². The first-order chi connectivity index (χ1) is 16.3. The zero-order valence-electron chi connectivity index (χ0n) is 17.4. The van der Waals surface area contributed by atoms with E-state index in [1.807, 2.05) is 0 Å². The van der Waals surface area contributed by atoms with Gasteiger partial charge in [0.2, 0.25) is 0 Å². The number of nitrogens with zero attached hydrogens (tertiary/aromatic N) is 3. The summed E-state index contributed by atoms with van der Waals surface area (Å²) in [6.07, 6.45) is 0.914. The highest BCUT2D eigenvalue weighted by molar-refractivity contribution is 6.35. The molecule has 0 unspecified atom stereocenters. The number of anilines is 1. The maximum Gasteiger partial charge on any atom is 0.262 e. The highest BCUT2D eigenvalue weighted by Gasteiger charge is 2.37. The number of rotatable bonds is 6. The molecule has 0 fully saturated rings. The molecule has 34 heavy (non-hydrogen) atoms. The molecule has 1 heterocycles. The number of halogens is 2. The van der Waals surface area contributed by atoms with E-state index in [9.17, 15) is 23.6 Å². The van der Waals surface area contributed by atoms with Crippen LogP contribution < -0.4 is 10.7 Å². The number of ketones is 1. The Morgan fingerprint density at radius 2 is 1.59 bits per heavy atom. The van der Waals surface area contributed by atoms with Crippen LogP contribution in [0.3, 0.4) is 0 Å². The lowest BCUT2D eigenvalue weighted by atomic mass is 10.0. The molecule has 8 nitrogen and oxygen atoms in total. The predicted octanol–water partition coefficient (Wildman–Crippen LogP) is 3.24. The number of nitrogens with two attached hydrogens (primary N) is 1. The third-order valence-electron chi connectivity index (χ3n) is 5.20. The summed E-state index contributed by atoms with van der Waals surface area (Å²) in [4.78, 5) is 53.4. The SMILES string of the molecule is NN=CN(C(=O)CN1C(=O)c2ccccc2C1=O)c1ccc(F)cc1C(=O)c1ccccc1Cl. The van der Waals surface area contributed by atoms with Crippen molar-refractivity contribution in [3.63, 3.8) is 0 Å². The molecule has 0 aromatic heterocycles. The number of hydrogen-bond acceptors (Lipinski definition) is 6. The van der Waals surface area contributed by atoms with Gasteiger partial charge in [0.1, 0.15) is 18.7 Å². The number of hydrazone groups is 1. The fraction of sp³-hybridized carbons (Fsp3) is 0.0417. The first-order valence-corrected chi connectivity index (χ1v) is 10.3. The molecule has 170 valence electrons. The van der Waals surface area contributed by atoms with Crippen LogP contribution in [-0.4, -0.2) is 41.3 Å². The molecule has 0 atom stereocenters. The van der Waals surface area contributed by atoms with Gasteiger partial charge in [-0.05, 0) is 42.5 Å². The van der Waals surface area contributed by atoms with Gasteiger partial charge in [-0.15, -0.1) is 0 Å². The number of fused-ring (bicyclic) bond motifs is 1. The predicted molar refractivity (Wildman–Crippen MR) is 123 cm³/mol. The Balaban J connectivity index is 1.70. The van der Waals surface area contributed by atoms with Crippen LogP contribution in [0.4, 0.5) is 10.1 Å². The summed E-state index contributed by atoms with van der Waals surface area (Å²) in [7, 11) is 0. The molecule has 3 aromatic rings. The molecule has 1 aliphatic heterocycles. The minimum atomic E-state index is -0.802. The average Bonchev–Trinajstić information content (AvgIpc) is 3.07. The van der Waals surface area contributed by atoms with E-state index in [4.69, 9.17) is 17.4 Å². The van der Waals surface area contributed by atoms with Gasteiger partial charge in [0, 0.05) is 11.1 Å². The lowest BCUT2D eigenvalue weighted by Gasteiger charge is -2.23. The molecule has 3 aromatic carbocycles. The molecule has 0 aliphatic carbocycles. The largest absolute Gasteiger partial charge is 0.322 e. The molecule has 3 amide bonds. The normalized spacial score (nSPS) is 12.8. The van der Waals surface area contributed by atoms with Crippen molar-refractivity contribution in [3.05, 3.63) is 99.8 Å². The third kappa shape index (κ3) is 4.04. The van der Waals surface area contributed by atoms with Crippen LogP contribution >= 0.6 is 11.6 Å². The smallest absolute Gasteiger partial charge is 0.262 e. The summed E-state index contributed by atoms with van der Waals surface area (Å²) in [5.41, 5.74) is 0.200. The summed E-state index contributed by atoms with van der Waals surface area (Å²) in [6.45, 7) is -0.657. The second kappa shape index (κ2) is 9.24. The molecule has 0 saturated carbocycles. The minimum Gasteiger partial charge on any atom is -0.322 e. The monoisotopic (exact) mass is 478 g/mol. The Kier molecular flexibility index (Phi) is 6.20. The lowest BCUT2D eigenvalue weighted by Crippen LogP contribution is -2.43. The van der Waals surface area contributed by atoms with Gasteiger partial charge >= 0.3 is 0 Å². The van der Waals surface area contributed by atoms with Gasteiger partial charge in [-0.25, -0.2) is 4.39 Å². The second-order valence-electron chi connectivity index (χ2n) is 7.24. The number of benzene rings is 3. The molecular weight excluding hydrogens is 463 g/mol. The first kappa shape index (κ1) is 22.8. The molecule has 0 saturated heterocycles. The van der Waals surface area contributed by atoms with Crippen molar-refractivity contribution in [2.24, 2.45) is 10.9 Å². The Hall–Kier alpha value is -4.37. The molecule has 1 aliphatic rings. The quantitative estimate of drug-likeness (QED) is 0.146. The van der Waals surface area contributed by atoms with Crippen molar-refractivity contribution in [1.82, 2.24) is 4.90 Å². The number of amides is 3. The highest BCUT2D eigenvalue weighted by atomic mass is 35.5. The minimum absolute atomic E-state index is 0.0536. The van der Waals surface area contributed by atoms with E-state index in [-0.39, 0.29) is 33.0 Å². The van der Waals surface area contributed by atoms with Crippen LogP contribution in [0, 0.1) is 5.82 Å². The second-order valence-corrected chi connectivity index (χ2v) is 7.65. The van der Waals surface area contributed by atoms with Gasteiger partial charge in [-0.2, -0.15) is 5.10 Å². The Morgan fingerprint density at radius 3 is 2.21 bits per heavy atom. The molecule has 4 rings (SSSR count). The van der Waals surface area contributed by atoms with Gasteiger partial charge in [0.25, 0.3) is 17.7 Å². The van der Waals surface area contributed by atoms with E-state index in [2.05, 4.69) is 5.10 Å². The van der Waals surface area contributed by atoms with Crippen molar-refractivity contribution in [2.45, 2.75) is 0 Å². The number of hydrogen-bond donors (Lipinski definition) is 1.